The third-order valence-electron chi connectivity index (χ3n) is 7.31. The molecule has 1 fully saturated rings. The number of aryl methyl sites for hydroxylation is 1. The molecule has 1 aliphatic rings. The summed E-state index contributed by atoms with van der Waals surface area (Å²) in [6.07, 6.45) is 4.32. The summed E-state index contributed by atoms with van der Waals surface area (Å²) in [6, 6.07) is 12.5. The normalized spacial score (nSPS) is 18.1. The van der Waals surface area contributed by atoms with Crippen molar-refractivity contribution in [1.29, 1.82) is 0 Å². The summed E-state index contributed by atoms with van der Waals surface area (Å²) in [6.45, 7) is 0.570. The number of alkyl halides is 3. The minimum absolute atomic E-state index is 0.259. The first kappa shape index (κ1) is 26.9. The number of rotatable bonds is 9. The summed E-state index contributed by atoms with van der Waals surface area (Å²) >= 11 is 0. The lowest BCUT2D eigenvalue weighted by Crippen LogP contribution is -2.31. The van der Waals surface area contributed by atoms with E-state index in [4.69, 9.17) is 9.97 Å². The number of amides is 1. The second-order valence-electron chi connectivity index (χ2n) is 10.3. The van der Waals surface area contributed by atoms with Gasteiger partial charge in [0.15, 0.2) is 0 Å². The van der Waals surface area contributed by atoms with Gasteiger partial charge in [-0.3, -0.25) is 4.79 Å². The van der Waals surface area contributed by atoms with Crippen LogP contribution in [0.25, 0.3) is 10.9 Å². The second-order valence-corrected chi connectivity index (χ2v) is 10.3. The number of anilines is 1. The van der Waals surface area contributed by atoms with Gasteiger partial charge in [-0.25, -0.2) is 9.97 Å². The molecule has 0 unspecified atom stereocenters. The van der Waals surface area contributed by atoms with Gasteiger partial charge in [0.25, 0.3) is 5.91 Å². The van der Waals surface area contributed by atoms with Crippen LogP contribution in [0.5, 0.6) is 0 Å². The van der Waals surface area contributed by atoms with Crippen LogP contribution in [0.3, 0.4) is 0 Å². The van der Waals surface area contributed by atoms with Gasteiger partial charge in [-0.2, -0.15) is 13.2 Å². The van der Waals surface area contributed by atoms with Crippen LogP contribution in [-0.4, -0.2) is 36.5 Å². The second kappa shape index (κ2) is 11.9. The third kappa shape index (κ3) is 7.21. The first-order valence-corrected chi connectivity index (χ1v) is 13.1. The number of hydrogen-bond acceptors (Lipinski definition) is 4. The van der Waals surface area contributed by atoms with E-state index in [1.54, 1.807) is 0 Å². The standard InChI is InChI=1S/C29H35F3N4O/c1-36(2)27-24-8-4-5-9-25(24)34-26(35-27)10-6-3-7-20-11-13-21(14-12-20)19-33-28(37)22-15-17-23(18-16-22)29(30,31)32/h4-5,8-9,15-18,20-21H,3,6-7,10-14,19H2,1-2H3,(H,33,37). The molecule has 1 heterocycles. The van der Waals surface area contributed by atoms with Gasteiger partial charge >= 0.3 is 6.18 Å². The molecule has 5 nitrogen and oxygen atoms in total. The quantitative estimate of drug-likeness (QED) is 0.326. The SMILES string of the molecule is CN(C)c1nc(CCCCC2CCC(CNC(=O)c3ccc(C(F)(F)F)cc3)CC2)nc2ccccc12. The number of benzene rings is 2. The van der Waals surface area contributed by atoms with Crippen LogP contribution in [0, 0.1) is 11.8 Å². The number of aromatic nitrogens is 2. The fraction of sp³-hybridized carbons (Fsp3) is 0.483. The van der Waals surface area contributed by atoms with Crippen molar-refractivity contribution in [2.75, 3.05) is 25.5 Å². The Morgan fingerprint density at radius 2 is 1.62 bits per heavy atom. The van der Waals surface area contributed by atoms with Crippen molar-refractivity contribution in [2.24, 2.45) is 11.8 Å². The minimum atomic E-state index is -4.40. The molecule has 37 heavy (non-hydrogen) atoms. The van der Waals surface area contributed by atoms with Gasteiger partial charge in [-0.15, -0.1) is 0 Å². The van der Waals surface area contributed by atoms with Crippen LogP contribution in [0.15, 0.2) is 48.5 Å². The van der Waals surface area contributed by atoms with Crippen LogP contribution in [0.2, 0.25) is 0 Å². The molecule has 0 saturated heterocycles. The molecule has 1 aromatic heterocycles. The van der Waals surface area contributed by atoms with E-state index in [2.05, 4.69) is 11.4 Å². The zero-order chi connectivity index (χ0) is 26.4. The van der Waals surface area contributed by atoms with Crippen molar-refractivity contribution in [3.05, 3.63) is 65.5 Å². The van der Waals surface area contributed by atoms with E-state index in [-0.39, 0.29) is 11.5 Å². The number of fused-ring (bicyclic) bond motifs is 1. The zero-order valence-electron chi connectivity index (χ0n) is 21.5. The number of unbranched alkanes of at least 4 members (excludes halogenated alkanes) is 1. The molecule has 1 aliphatic carbocycles. The maximum absolute atomic E-state index is 12.7. The van der Waals surface area contributed by atoms with Gasteiger partial charge in [0, 0.05) is 38.0 Å². The molecule has 3 aromatic rings. The summed E-state index contributed by atoms with van der Waals surface area (Å²) < 4.78 is 38.1. The minimum Gasteiger partial charge on any atom is -0.362 e. The highest BCUT2D eigenvalue weighted by atomic mass is 19.4. The molecule has 2 aromatic carbocycles. The molecule has 4 rings (SSSR count). The molecule has 198 valence electrons. The number of para-hydroxylation sites is 1. The van der Waals surface area contributed by atoms with Crippen molar-refractivity contribution in [1.82, 2.24) is 15.3 Å². The van der Waals surface area contributed by atoms with Gasteiger partial charge < -0.3 is 10.2 Å². The van der Waals surface area contributed by atoms with E-state index in [1.165, 1.54) is 18.6 Å². The van der Waals surface area contributed by atoms with Gasteiger partial charge in [-0.1, -0.05) is 37.8 Å². The third-order valence-corrected chi connectivity index (χ3v) is 7.31. The van der Waals surface area contributed by atoms with Crippen molar-refractivity contribution >= 4 is 22.6 Å². The molecule has 8 heteroatoms. The molecule has 0 aliphatic heterocycles. The number of nitrogens with zero attached hydrogens (tertiary/aromatic N) is 3. The lowest BCUT2D eigenvalue weighted by molar-refractivity contribution is -0.137. The highest BCUT2D eigenvalue weighted by molar-refractivity contribution is 5.94. The van der Waals surface area contributed by atoms with Crippen molar-refractivity contribution < 1.29 is 18.0 Å². The molecule has 1 N–H and O–H groups in total. The Hall–Kier alpha value is -3.16. The van der Waals surface area contributed by atoms with Gasteiger partial charge in [0.1, 0.15) is 11.6 Å². The molecule has 1 saturated carbocycles. The largest absolute Gasteiger partial charge is 0.416 e. The summed E-state index contributed by atoms with van der Waals surface area (Å²) in [5, 5.41) is 3.97. The first-order chi connectivity index (χ1) is 17.7. The predicted octanol–water partition coefficient (Wildman–Crippen LogP) is 6.66. The van der Waals surface area contributed by atoms with Crippen LogP contribution in [-0.2, 0) is 12.6 Å². The Morgan fingerprint density at radius 1 is 0.946 bits per heavy atom. The average molecular weight is 513 g/mol. The van der Waals surface area contributed by atoms with E-state index in [0.717, 1.165) is 79.6 Å². The Kier molecular flexibility index (Phi) is 8.67. The van der Waals surface area contributed by atoms with Gasteiger partial charge in [-0.05, 0) is 67.5 Å². The van der Waals surface area contributed by atoms with E-state index in [0.29, 0.717) is 18.4 Å². The van der Waals surface area contributed by atoms with Crippen LogP contribution in [0.1, 0.15) is 66.7 Å². The Morgan fingerprint density at radius 3 is 2.30 bits per heavy atom. The summed E-state index contributed by atoms with van der Waals surface area (Å²) in [5.41, 5.74) is 0.500. The van der Waals surface area contributed by atoms with Crippen LogP contribution < -0.4 is 10.2 Å². The fourth-order valence-electron chi connectivity index (χ4n) is 5.15. The summed E-state index contributed by atoms with van der Waals surface area (Å²) in [7, 11) is 4.02. The Labute approximate surface area is 216 Å². The lowest BCUT2D eigenvalue weighted by Gasteiger charge is -2.28. The van der Waals surface area contributed by atoms with E-state index >= 15 is 0 Å². The first-order valence-electron chi connectivity index (χ1n) is 13.1. The maximum atomic E-state index is 12.7. The fourth-order valence-corrected chi connectivity index (χ4v) is 5.15. The number of carbonyl (C=O) groups excluding carboxylic acids is 1. The van der Waals surface area contributed by atoms with Crippen LogP contribution in [0.4, 0.5) is 19.0 Å². The van der Waals surface area contributed by atoms with E-state index in [9.17, 15) is 18.0 Å². The highest BCUT2D eigenvalue weighted by Gasteiger charge is 2.30. The van der Waals surface area contributed by atoms with Crippen molar-refractivity contribution in [3.63, 3.8) is 0 Å². The lowest BCUT2D eigenvalue weighted by atomic mass is 9.79. The smallest absolute Gasteiger partial charge is 0.362 e. The number of halogens is 3. The van der Waals surface area contributed by atoms with E-state index < -0.39 is 11.7 Å². The molecular weight excluding hydrogens is 477 g/mol. The van der Waals surface area contributed by atoms with Crippen molar-refractivity contribution in [2.45, 2.75) is 57.5 Å². The molecule has 0 radical (unpaired) electrons. The highest BCUT2D eigenvalue weighted by Crippen LogP contribution is 2.32. The van der Waals surface area contributed by atoms with Gasteiger partial charge in [0.05, 0.1) is 11.1 Å². The number of hydrogen-bond donors (Lipinski definition) is 1. The monoisotopic (exact) mass is 512 g/mol. The molecule has 0 bridgehead atoms. The molecular formula is C29H35F3N4O. The topological polar surface area (TPSA) is 58.1 Å². The average Bonchev–Trinajstić information content (AvgIpc) is 2.89. The van der Waals surface area contributed by atoms with E-state index in [1.807, 2.05) is 37.2 Å². The van der Waals surface area contributed by atoms with Crippen molar-refractivity contribution in [3.8, 4) is 0 Å². The number of carbonyl (C=O) groups is 1. The summed E-state index contributed by atoms with van der Waals surface area (Å²) in [5.74, 6) is 2.67. The number of nitrogens with one attached hydrogen (secondary N) is 1. The molecule has 0 atom stereocenters. The van der Waals surface area contributed by atoms with Crippen LogP contribution >= 0.6 is 0 Å². The maximum Gasteiger partial charge on any atom is 0.416 e. The molecule has 1 amide bonds. The molecule has 0 spiro atoms. The summed E-state index contributed by atoms with van der Waals surface area (Å²) in [4.78, 5) is 23.9. The zero-order valence-corrected chi connectivity index (χ0v) is 21.5. The Balaban J connectivity index is 1.16. The predicted molar refractivity (Wildman–Crippen MR) is 141 cm³/mol. The van der Waals surface area contributed by atoms with Gasteiger partial charge in [0.2, 0.25) is 0 Å². The Bertz CT molecular complexity index is 1190.